The number of carbonyl (C=O) groups excluding carboxylic acids is 1. The van der Waals surface area contributed by atoms with Crippen LogP contribution in [0.3, 0.4) is 0 Å². The normalized spacial score (nSPS) is 14.0. The average Bonchev–Trinajstić information content (AvgIpc) is 3.02. The van der Waals surface area contributed by atoms with E-state index >= 15 is 8.78 Å². The molecule has 0 saturated heterocycles. The van der Waals surface area contributed by atoms with E-state index in [0.29, 0.717) is 38.3 Å². The van der Waals surface area contributed by atoms with Gasteiger partial charge in [-0.25, -0.2) is 17.2 Å². The predicted octanol–water partition coefficient (Wildman–Crippen LogP) is 1.86. The summed E-state index contributed by atoms with van der Waals surface area (Å²) in [6.07, 6.45) is 3.24. The maximum absolute atomic E-state index is 16.0. The van der Waals surface area contributed by atoms with Crippen molar-refractivity contribution in [3.63, 3.8) is 0 Å². The summed E-state index contributed by atoms with van der Waals surface area (Å²) in [6, 6.07) is 8.38. The van der Waals surface area contributed by atoms with Gasteiger partial charge in [-0.05, 0) is 30.9 Å². The SMILES string of the molecule is CCCCS(=O)(=O)NC(CNC(=O)c1cn(CCc2ccccc2)c2c(F)c(CNC3=NCCCN3)c(F)cc2c1=O)C(=O)O. The molecule has 242 valence electrons. The molecule has 0 radical (unpaired) electrons. The molecule has 1 amide bonds. The second-order valence-electron chi connectivity index (χ2n) is 10.6. The molecule has 4 rings (SSSR count). The van der Waals surface area contributed by atoms with Crippen LogP contribution in [0.4, 0.5) is 8.78 Å². The molecule has 15 heteroatoms. The quantitative estimate of drug-likeness (QED) is 0.177. The fraction of sp³-hybridized carbons (Fsp3) is 0.400. The van der Waals surface area contributed by atoms with Crippen LogP contribution in [0.5, 0.6) is 0 Å². The molecular formula is C30H36F2N6O6S. The number of halogens is 2. The van der Waals surface area contributed by atoms with E-state index in [-0.39, 0.29) is 35.3 Å². The zero-order valence-electron chi connectivity index (χ0n) is 24.7. The second-order valence-corrected chi connectivity index (χ2v) is 12.5. The van der Waals surface area contributed by atoms with Gasteiger partial charge >= 0.3 is 5.97 Å². The average molecular weight is 647 g/mol. The number of fused-ring (bicyclic) bond motifs is 1. The lowest BCUT2D eigenvalue weighted by Crippen LogP contribution is -2.49. The monoisotopic (exact) mass is 646 g/mol. The van der Waals surface area contributed by atoms with E-state index in [4.69, 9.17) is 0 Å². The summed E-state index contributed by atoms with van der Waals surface area (Å²) in [5.41, 5.74) is -1.08. The number of carboxylic acid groups (broad SMARTS) is 1. The van der Waals surface area contributed by atoms with Crippen molar-refractivity contribution in [1.82, 2.24) is 25.2 Å². The summed E-state index contributed by atoms with van der Waals surface area (Å²) in [5.74, 6) is -4.42. The molecule has 1 aliphatic heterocycles. The molecule has 0 fully saturated rings. The van der Waals surface area contributed by atoms with Crippen molar-refractivity contribution >= 4 is 38.8 Å². The Kier molecular flexibility index (Phi) is 11.2. The van der Waals surface area contributed by atoms with E-state index < -0.39 is 57.1 Å². The number of carboxylic acids is 1. The lowest BCUT2D eigenvalue weighted by Gasteiger charge is -2.19. The van der Waals surface area contributed by atoms with E-state index in [1.54, 1.807) is 6.92 Å². The summed E-state index contributed by atoms with van der Waals surface area (Å²) in [5, 5.41) is 17.3. The zero-order valence-corrected chi connectivity index (χ0v) is 25.6. The third kappa shape index (κ3) is 8.63. The number of aromatic nitrogens is 1. The first-order valence-corrected chi connectivity index (χ1v) is 16.3. The van der Waals surface area contributed by atoms with Crippen LogP contribution in [-0.2, 0) is 34.3 Å². The smallest absolute Gasteiger partial charge is 0.323 e. The first kappa shape index (κ1) is 33.5. The number of guanidine groups is 1. The standard InChI is InChI=1S/C30H36F2N6O6S/c1-2-3-14-45(43,44)37-24(29(41)42)17-35-28(40)22-18-38(13-10-19-8-5-4-6-9-19)26-20(27(22)39)15-23(31)21(25(26)32)16-36-30-33-11-7-12-34-30/h4-6,8-9,15,18,24,37H,2-3,7,10-14,16-17H2,1H3,(H,35,40)(H,41,42)(H2,33,34,36). The van der Waals surface area contributed by atoms with Crippen molar-refractivity contribution in [1.29, 1.82) is 0 Å². The van der Waals surface area contributed by atoms with Crippen LogP contribution < -0.4 is 26.1 Å². The van der Waals surface area contributed by atoms with Gasteiger partial charge in [0.2, 0.25) is 15.5 Å². The Bertz CT molecular complexity index is 1750. The molecule has 1 aromatic heterocycles. The number of aryl methyl sites for hydroxylation is 2. The number of carbonyl (C=O) groups is 2. The first-order valence-electron chi connectivity index (χ1n) is 14.6. The molecule has 0 spiro atoms. The minimum atomic E-state index is -3.95. The maximum Gasteiger partial charge on any atom is 0.323 e. The van der Waals surface area contributed by atoms with Gasteiger partial charge in [-0.3, -0.25) is 19.4 Å². The van der Waals surface area contributed by atoms with Crippen molar-refractivity contribution in [2.24, 2.45) is 4.99 Å². The van der Waals surface area contributed by atoms with Gasteiger partial charge in [0.25, 0.3) is 5.91 Å². The van der Waals surface area contributed by atoms with Crippen LogP contribution in [-0.4, -0.2) is 67.4 Å². The summed E-state index contributed by atoms with van der Waals surface area (Å²) < 4.78 is 59.2. The minimum Gasteiger partial charge on any atom is -0.480 e. The molecule has 0 bridgehead atoms. The van der Waals surface area contributed by atoms with Crippen molar-refractivity contribution in [2.45, 2.75) is 51.7 Å². The number of amides is 1. The number of aliphatic imine (C=N–C) groups is 1. The van der Waals surface area contributed by atoms with E-state index in [9.17, 15) is 27.9 Å². The maximum atomic E-state index is 16.0. The largest absolute Gasteiger partial charge is 0.480 e. The fourth-order valence-corrected chi connectivity index (χ4v) is 6.23. The van der Waals surface area contributed by atoms with Crippen molar-refractivity contribution in [2.75, 3.05) is 25.4 Å². The topological polar surface area (TPSA) is 171 Å². The summed E-state index contributed by atoms with van der Waals surface area (Å²) in [7, 11) is -3.95. The van der Waals surface area contributed by atoms with E-state index in [1.165, 1.54) is 4.57 Å². The lowest BCUT2D eigenvalue weighted by molar-refractivity contribution is -0.138. The highest BCUT2D eigenvalue weighted by Gasteiger charge is 2.27. The number of nitrogens with zero attached hydrogens (tertiary/aromatic N) is 2. The van der Waals surface area contributed by atoms with Crippen LogP contribution >= 0.6 is 0 Å². The highest BCUT2D eigenvalue weighted by Crippen LogP contribution is 2.24. The molecule has 2 aromatic carbocycles. The molecular weight excluding hydrogens is 610 g/mol. The van der Waals surface area contributed by atoms with Crippen molar-refractivity contribution in [3.8, 4) is 0 Å². The van der Waals surface area contributed by atoms with Gasteiger partial charge in [0.15, 0.2) is 11.8 Å². The molecule has 2 heterocycles. The number of unbranched alkanes of at least 4 members (excludes halogenated alkanes) is 1. The van der Waals surface area contributed by atoms with Gasteiger partial charge in [-0.15, -0.1) is 0 Å². The Morgan fingerprint density at radius 3 is 2.62 bits per heavy atom. The van der Waals surface area contributed by atoms with Gasteiger partial charge in [-0.2, -0.15) is 4.72 Å². The summed E-state index contributed by atoms with van der Waals surface area (Å²) in [6.45, 7) is 2.20. The number of nitrogens with one attached hydrogen (secondary N) is 4. The Labute approximate surface area is 259 Å². The highest BCUT2D eigenvalue weighted by atomic mass is 32.2. The molecule has 3 aromatic rings. The number of hydrogen-bond acceptors (Lipinski definition) is 8. The van der Waals surface area contributed by atoms with Gasteiger partial charge in [0.1, 0.15) is 17.4 Å². The number of sulfonamides is 1. The summed E-state index contributed by atoms with van der Waals surface area (Å²) in [4.78, 5) is 42.6. The third-order valence-electron chi connectivity index (χ3n) is 7.26. The van der Waals surface area contributed by atoms with Crippen molar-refractivity contribution in [3.05, 3.63) is 81.1 Å². The van der Waals surface area contributed by atoms with Crippen LogP contribution in [0.1, 0.15) is 47.7 Å². The predicted molar refractivity (Wildman–Crippen MR) is 166 cm³/mol. The van der Waals surface area contributed by atoms with Crippen LogP contribution in [0.2, 0.25) is 0 Å². The molecule has 12 nitrogen and oxygen atoms in total. The van der Waals surface area contributed by atoms with Gasteiger partial charge in [-0.1, -0.05) is 43.7 Å². The third-order valence-corrected chi connectivity index (χ3v) is 8.73. The van der Waals surface area contributed by atoms with E-state index in [0.717, 1.165) is 24.2 Å². The Morgan fingerprint density at radius 2 is 1.96 bits per heavy atom. The van der Waals surface area contributed by atoms with E-state index in [1.807, 2.05) is 35.1 Å². The van der Waals surface area contributed by atoms with E-state index in [2.05, 4.69) is 20.9 Å². The molecule has 45 heavy (non-hydrogen) atoms. The molecule has 5 N–H and O–H groups in total. The van der Waals surface area contributed by atoms with Gasteiger partial charge < -0.3 is 25.6 Å². The number of hydrogen-bond donors (Lipinski definition) is 5. The van der Waals surface area contributed by atoms with Crippen molar-refractivity contribution < 1.29 is 31.9 Å². The summed E-state index contributed by atoms with van der Waals surface area (Å²) >= 11 is 0. The molecule has 0 aliphatic carbocycles. The van der Waals surface area contributed by atoms with Gasteiger partial charge in [0.05, 0.1) is 16.7 Å². The van der Waals surface area contributed by atoms with Crippen LogP contribution in [0, 0.1) is 11.6 Å². The van der Waals surface area contributed by atoms with Crippen LogP contribution in [0.15, 0.2) is 52.4 Å². The number of aliphatic carboxylic acids is 1. The second kappa shape index (κ2) is 15.1. The van der Waals surface area contributed by atoms with Gasteiger partial charge in [0, 0.05) is 44.5 Å². The Balaban J connectivity index is 1.68. The molecule has 0 saturated carbocycles. The lowest BCUT2D eigenvalue weighted by atomic mass is 10.0. The Hall–Kier alpha value is -4.37. The first-order chi connectivity index (χ1) is 21.5. The highest BCUT2D eigenvalue weighted by molar-refractivity contribution is 7.89. The Morgan fingerprint density at radius 1 is 1.20 bits per heavy atom. The molecule has 1 aliphatic rings. The van der Waals surface area contributed by atoms with Crippen LogP contribution in [0.25, 0.3) is 10.9 Å². The number of benzene rings is 2. The number of rotatable bonds is 14. The molecule has 1 unspecified atom stereocenters. The zero-order chi connectivity index (χ0) is 32.6. The molecule has 1 atom stereocenters. The minimum absolute atomic E-state index is 0.111. The fourth-order valence-electron chi connectivity index (χ4n) is 4.82. The number of pyridine rings is 1.